The number of hydrogen-bond donors (Lipinski definition) is 3. The van der Waals surface area contributed by atoms with Crippen LogP contribution in [0, 0.1) is 5.92 Å². The van der Waals surface area contributed by atoms with Gasteiger partial charge in [-0.1, -0.05) is 25.6 Å². The average molecular weight is 313 g/mol. The Morgan fingerprint density at radius 2 is 2.05 bits per heavy atom. The molecule has 0 aliphatic rings. The molecule has 1 aromatic rings. The average Bonchev–Trinajstić information content (AvgIpc) is 2.29. The summed E-state index contributed by atoms with van der Waals surface area (Å²) in [4.78, 5) is 30.1. The zero-order valence-corrected chi connectivity index (χ0v) is 13.9. The summed E-state index contributed by atoms with van der Waals surface area (Å²) in [5.41, 5.74) is -0.370. The van der Waals surface area contributed by atoms with Crippen molar-refractivity contribution < 1.29 is 9.90 Å². The van der Waals surface area contributed by atoms with E-state index in [-0.39, 0.29) is 45.3 Å². The van der Waals surface area contributed by atoms with Gasteiger partial charge < -0.3 is 15.4 Å². The third-order valence-electron chi connectivity index (χ3n) is 2.44. The quantitative estimate of drug-likeness (QED) is 0.568. The first-order valence-electron chi connectivity index (χ1n) is 6.84. The van der Waals surface area contributed by atoms with E-state index < -0.39 is 0 Å². The van der Waals surface area contributed by atoms with Gasteiger partial charge in [0.2, 0.25) is 11.8 Å². The number of nitrogens with zero attached hydrogens (tertiary/aromatic N) is 1. The van der Waals surface area contributed by atoms with Crippen LogP contribution >= 0.6 is 11.8 Å². The van der Waals surface area contributed by atoms with E-state index in [0.29, 0.717) is 6.42 Å². The molecule has 0 aromatic carbocycles. The Morgan fingerprint density at radius 1 is 1.43 bits per heavy atom. The number of nitrogens with one attached hydrogen (secondary N) is 2. The third-order valence-corrected chi connectivity index (χ3v) is 3.31. The first-order chi connectivity index (χ1) is 9.58. The minimum absolute atomic E-state index is 0.128. The lowest BCUT2D eigenvalue weighted by Gasteiger charge is -2.20. The van der Waals surface area contributed by atoms with Crippen LogP contribution in [0.3, 0.4) is 0 Å². The predicted octanol–water partition coefficient (Wildman–Crippen LogP) is 1.68. The highest BCUT2D eigenvalue weighted by molar-refractivity contribution is 7.99. The summed E-state index contributed by atoms with van der Waals surface area (Å²) in [5, 5.41) is 12.9. The lowest BCUT2D eigenvalue weighted by molar-refractivity contribution is -0.119. The molecule has 1 aromatic heterocycles. The molecule has 21 heavy (non-hydrogen) atoms. The molecule has 0 fully saturated rings. The van der Waals surface area contributed by atoms with Gasteiger partial charge in [0, 0.05) is 5.54 Å². The molecule has 1 heterocycles. The number of H-pyrrole nitrogens is 1. The normalized spacial score (nSPS) is 11.7. The molecule has 0 aliphatic heterocycles. The van der Waals surface area contributed by atoms with Gasteiger partial charge in [-0.15, -0.1) is 0 Å². The second-order valence-corrected chi connectivity index (χ2v) is 7.32. The summed E-state index contributed by atoms with van der Waals surface area (Å²) in [6.07, 6.45) is 0.462. The van der Waals surface area contributed by atoms with Gasteiger partial charge in [-0.25, -0.2) is 0 Å². The van der Waals surface area contributed by atoms with E-state index in [0.717, 1.165) is 11.8 Å². The molecule has 0 saturated heterocycles. The third kappa shape index (κ3) is 6.20. The molecule has 6 nitrogen and oxygen atoms in total. The highest BCUT2D eigenvalue weighted by atomic mass is 32.2. The summed E-state index contributed by atoms with van der Waals surface area (Å²) >= 11 is 1.09. The van der Waals surface area contributed by atoms with Crippen molar-refractivity contribution in [2.75, 3.05) is 5.75 Å². The van der Waals surface area contributed by atoms with Gasteiger partial charge in [0.1, 0.15) is 0 Å². The minimum Gasteiger partial charge on any atom is -0.493 e. The maximum atomic E-state index is 11.9. The molecule has 0 bridgehead atoms. The number of hydrogen-bond acceptors (Lipinski definition) is 5. The summed E-state index contributed by atoms with van der Waals surface area (Å²) in [5.74, 6) is -0.0367. The Morgan fingerprint density at radius 3 is 2.52 bits per heavy atom. The fraction of sp³-hybridized carbons (Fsp3) is 0.643. The van der Waals surface area contributed by atoms with E-state index in [2.05, 4.69) is 15.3 Å². The van der Waals surface area contributed by atoms with Gasteiger partial charge in [0.05, 0.1) is 11.3 Å². The van der Waals surface area contributed by atoms with Crippen LogP contribution in [-0.2, 0) is 11.2 Å². The highest BCUT2D eigenvalue weighted by Crippen LogP contribution is 2.18. The Hall–Kier alpha value is -1.50. The van der Waals surface area contributed by atoms with Gasteiger partial charge in [-0.05, 0) is 33.1 Å². The number of rotatable bonds is 5. The first kappa shape index (κ1) is 17.6. The monoisotopic (exact) mass is 313 g/mol. The lowest BCUT2D eigenvalue weighted by atomic mass is 10.1. The van der Waals surface area contributed by atoms with E-state index >= 15 is 0 Å². The van der Waals surface area contributed by atoms with Gasteiger partial charge in [0.25, 0.3) is 5.56 Å². The van der Waals surface area contributed by atoms with E-state index in [1.807, 2.05) is 34.6 Å². The number of carbonyl (C=O) groups is 1. The van der Waals surface area contributed by atoms with Crippen molar-refractivity contribution in [2.45, 2.75) is 51.7 Å². The minimum atomic E-state index is -0.352. The van der Waals surface area contributed by atoms with Crippen LogP contribution in [0.5, 0.6) is 5.88 Å². The van der Waals surface area contributed by atoms with Crippen LogP contribution in [0.2, 0.25) is 0 Å². The number of aromatic amines is 1. The molecule has 118 valence electrons. The maximum absolute atomic E-state index is 11.9. The molecule has 1 rings (SSSR count). The van der Waals surface area contributed by atoms with Crippen LogP contribution in [-0.4, -0.2) is 32.3 Å². The summed E-state index contributed by atoms with van der Waals surface area (Å²) in [6, 6.07) is 0. The summed E-state index contributed by atoms with van der Waals surface area (Å²) in [6.45, 7) is 9.59. The molecule has 1 amide bonds. The van der Waals surface area contributed by atoms with E-state index in [1.54, 1.807) is 0 Å². The largest absolute Gasteiger partial charge is 0.493 e. The number of carbonyl (C=O) groups excluding carboxylic acids is 1. The van der Waals surface area contributed by atoms with Crippen molar-refractivity contribution in [3.05, 3.63) is 15.9 Å². The van der Waals surface area contributed by atoms with Gasteiger partial charge in [0.15, 0.2) is 5.16 Å². The number of aromatic nitrogens is 2. The van der Waals surface area contributed by atoms with Crippen LogP contribution < -0.4 is 10.9 Å². The molecule has 0 unspecified atom stereocenters. The van der Waals surface area contributed by atoms with Crippen LogP contribution in [0.4, 0.5) is 0 Å². The molecule has 0 spiro atoms. The van der Waals surface area contributed by atoms with Gasteiger partial charge >= 0.3 is 0 Å². The predicted molar refractivity (Wildman–Crippen MR) is 83.7 cm³/mol. The Balaban J connectivity index is 2.74. The molecule has 0 radical (unpaired) electrons. The first-order valence-corrected chi connectivity index (χ1v) is 7.83. The van der Waals surface area contributed by atoms with Crippen molar-refractivity contribution in [1.82, 2.24) is 15.3 Å². The fourth-order valence-corrected chi connectivity index (χ4v) is 2.37. The molecule has 0 saturated carbocycles. The standard InChI is InChI=1S/C14H23N3O3S/c1-8(2)6-9-11(19)15-13(16-12(9)20)21-7-10(18)17-14(3,4)5/h8H,6-7H2,1-5H3,(H,17,18)(H2,15,16,19,20). The van der Waals surface area contributed by atoms with Gasteiger partial charge in [-0.3, -0.25) is 9.59 Å². The second-order valence-electron chi connectivity index (χ2n) is 6.36. The lowest BCUT2D eigenvalue weighted by Crippen LogP contribution is -2.41. The zero-order chi connectivity index (χ0) is 16.2. The van der Waals surface area contributed by atoms with Crippen LogP contribution in [0.15, 0.2) is 9.95 Å². The van der Waals surface area contributed by atoms with Crippen molar-refractivity contribution in [1.29, 1.82) is 0 Å². The molecule has 0 atom stereocenters. The van der Waals surface area contributed by atoms with E-state index in [4.69, 9.17) is 0 Å². The molecule has 0 aliphatic carbocycles. The number of aromatic hydroxyl groups is 1. The van der Waals surface area contributed by atoms with Crippen LogP contribution in [0.1, 0.15) is 40.2 Å². The molecular formula is C14H23N3O3S. The fourth-order valence-electron chi connectivity index (χ4n) is 1.71. The SMILES string of the molecule is CC(C)Cc1c(O)nc(SCC(=O)NC(C)(C)C)[nH]c1=O. The van der Waals surface area contributed by atoms with E-state index in [9.17, 15) is 14.7 Å². The van der Waals surface area contributed by atoms with E-state index in [1.165, 1.54) is 0 Å². The second kappa shape index (κ2) is 6.98. The number of thioether (sulfide) groups is 1. The highest BCUT2D eigenvalue weighted by Gasteiger charge is 2.16. The Kier molecular flexibility index (Phi) is 5.83. The zero-order valence-electron chi connectivity index (χ0n) is 13.1. The van der Waals surface area contributed by atoms with Crippen molar-refractivity contribution >= 4 is 17.7 Å². The molecular weight excluding hydrogens is 290 g/mol. The van der Waals surface area contributed by atoms with Crippen molar-refractivity contribution in [2.24, 2.45) is 5.92 Å². The summed E-state index contributed by atoms with van der Waals surface area (Å²) in [7, 11) is 0. The van der Waals surface area contributed by atoms with Crippen molar-refractivity contribution in [3.63, 3.8) is 0 Å². The topological polar surface area (TPSA) is 95.1 Å². The summed E-state index contributed by atoms with van der Waals surface area (Å²) < 4.78 is 0. The Labute approximate surface area is 128 Å². The molecule has 3 N–H and O–H groups in total. The maximum Gasteiger partial charge on any atom is 0.258 e. The van der Waals surface area contributed by atoms with Crippen LogP contribution in [0.25, 0.3) is 0 Å². The van der Waals surface area contributed by atoms with Crippen molar-refractivity contribution in [3.8, 4) is 5.88 Å². The number of amides is 1. The smallest absolute Gasteiger partial charge is 0.258 e. The Bertz CT molecular complexity index is 562. The van der Waals surface area contributed by atoms with Gasteiger partial charge in [-0.2, -0.15) is 4.98 Å². The molecule has 7 heteroatoms.